The van der Waals surface area contributed by atoms with Gasteiger partial charge in [-0.05, 0) is 0 Å². The van der Waals surface area contributed by atoms with Crippen molar-refractivity contribution in [3.63, 3.8) is 0 Å². The molecule has 6 nitrogen and oxygen atoms in total. The molecule has 6 heteroatoms. The van der Waals surface area contributed by atoms with E-state index in [1.165, 1.54) is 0 Å². The number of aliphatic hydroxyl groups is 5. The van der Waals surface area contributed by atoms with Gasteiger partial charge >= 0.3 is 0 Å². The summed E-state index contributed by atoms with van der Waals surface area (Å²) in [4.78, 5) is 0. The van der Waals surface area contributed by atoms with Gasteiger partial charge in [0.2, 0.25) is 0 Å². The van der Waals surface area contributed by atoms with Gasteiger partial charge in [0.25, 0.3) is 0 Å². The van der Waals surface area contributed by atoms with E-state index in [0.29, 0.717) is 0 Å². The number of hydrogen-bond acceptors (Lipinski definition) is 6. The third kappa shape index (κ3) is 2.37. The van der Waals surface area contributed by atoms with E-state index >= 15 is 0 Å². The minimum absolute atomic E-state index is 0.0220. The van der Waals surface area contributed by atoms with E-state index in [4.69, 9.17) is 20.1 Å². The lowest BCUT2D eigenvalue weighted by atomic mass is 10.0. The molecule has 1 aliphatic heterocycles. The van der Waals surface area contributed by atoms with Crippen LogP contribution in [0.15, 0.2) is 0 Å². The van der Waals surface area contributed by atoms with E-state index in [0.717, 1.165) is 0 Å². The van der Waals surface area contributed by atoms with E-state index in [9.17, 15) is 10.2 Å². The van der Waals surface area contributed by atoms with Crippen LogP contribution in [0, 0.1) is 0 Å². The van der Waals surface area contributed by atoms with E-state index in [2.05, 4.69) is 0 Å². The highest BCUT2D eigenvalue weighted by Crippen LogP contribution is 2.18. The van der Waals surface area contributed by atoms with Gasteiger partial charge in [-0.25, -0.2) is 0 Å². The molecular formula is C7H14O6. The summed E-state index contributed by atoms with van der Waals surface area (Å²) in [7, 11) is 0. The second kappa shape index (κ2) is 4.32. The summed E-state index contributed by atoms with van der Waals surface area (Å²) in [5.41, 5.74) is 0. The van der Waals surface area contributed by atoms with Crippen molar-refractivity contribution in [3.05, 3.63) is 0 Å². The lowest BCUT2D eigenvalue weighted by Gasteiger charge is -2.20. The smallest absolute Gasteiger partial charge is 0.183 e. The highest BCUT2D eigenvalue weighted by atomic mass is 16.6. The first kappa shape index (κ1) is 10.8. The van der Waals surface area contributed by atoms with Crippen molar-refractivity contribution in [1.29, 1.82) is 0 Å². The maximum absolute atomic E-state index is 9.24. The predicted molar refractivity (Wildman–Crippen MR) is 40.6 cm³/mol. The molecule has 0 aliphatic carbocycles. The third-order valence-electron chi connectivity index (χ3n) is 2.08. The molecule has 5 N–H and O–H groups in total. The molecule has 1 saturated heterocycles. The Balaban J connectivity index is 2.66. The van der Waals surface area contributed by atoms with Gasteiger partial charge in [-0.1, -0.05) is 0 Å². The Morgan fingerprint density at radius 3 is 2.23 bits per heavy atom. The Bertz CT molecular complexity index is 147. The first-order chi connectivity index (χ1) is 6.06. The van der Waals surface area contributed by atoms with Crippen molar-refractivity contribution in [2.45, 2.75) is 37.1 Å². The molecule has 0 saturated carbocycles. The van der Waals surface area contributed by atoms with Crippen LogP contribution in [0.25, 0.3) is 0 Å². The third-order valence-corrected chi connectivity index (χ3v) is 2.08. The molecule has 1 fully saturated rings. The molecule has 1 rings (SSSR count). The lowest BCUT2D eigenvalue weighted by molar-refractivity contribution is -0.201. The molecule has 0 bridgehead atoms. The molecular weight excluding hydrogens is 180 g/mol. The highest BCUT2D eigenvalue weighted by molar-refractivity contribution is 4.83. The maximum atomic E-state index is 9.24. The van der Waals surface area contributed by atoms with E-state index in [1.54, 1.807) is 0 Å². The monoisotopic (exact) mass is 194 g/mol. The Morgan fingerprint density at radius 2 is 1.69 bits per heavy atom. The topological polar surface area (TPSA) is 110 Å². The Morgan fingerprint density at radius 1 is 1.08 bits per heavy atom. The van der Waals surface area contributed by atoms with Crippen molar-refractivity contribution >= 4 is 0 Å². The van der Waals surface area contributed by atoms with Crippen LogP contribution < -0.4 is 0 Å². The molecule has 13 heavy (non-hydrogen) atoms. The summed E-state index contributed by atoms with van der Waals surface area (Å²) in [6.07, 6.45) is -6.57. The van der Waals surface area contributed by atoms with Gasteiger partial charge in [0.1, 0.15) is 12.2 Å². The Kier molecular flexibility index (Phi) is 3.60. The second-order valence-corrected chi connectivity index (χ2v) is 3.12. The maximum Gasteiger partial charge on any atom is 0.183 e. The highest BCUT2D eigenvalue weighted by Gasteiger charge is 2.37. The molecule has 0 spiro atoms. The number of aliphatic hydroxyl groups excluding tert-OH is 5. The van der Waals surface area contributed by atoms with Crippen LogP contribution in [-0.2, 0) is 4.74 Å². The zero-order valence-electron chi connectivity index (χ0n) is 6.95. The average Bonchev–Trinajstić information content (AvgIpc) is 2.20. The fraction of sp³-hybridized carbons (Fsp3) is 1.00. The van der Waals surface area contributed by atoms with E-state index in [1.807, 2.05) is 0 Å². The van der Waals surface area contributed by atoms with Gasteiger partial charge < -0.3 is 30.3 Å². The second-order valence-electron chi connectivity index (χ2n) is 3.12. The molecule has 1 aliphatic rings. The van der Waals surface area contributed by atoms with Gasteiger partial charge in [-0.3, -0.25) is 0 Å². The normalized spacial score (nSPS) is 47.3. The van der Waals surface area contributed by atoms with Crippen LogP contribution in [0.2, 0.25) is 0 Å². The zero-order valence-corrected chi connectivity index (χ0v) is 6.95. The van der Waals surface area contributed by atoms with Crippen LogP contribution in [-0.4, -0.2) is 62.8 Å². The van der Waals surface area contributed by atoms with E-state index < -0.39 is 30.7 Å². The fourth-order valence-electron chi connectivity index (χ4n) is 1.26. The molecule has 0 amide bonds. The van der Waals surface area contributed by atoms with Crippen molar-refractivity contribution in [2.75, 3.05) is 6.61 Å². The number of hydrogen-bond donors (Lipinski definition) is 5. The Labute approximate surface area is 75.0 Å². The first-order valence-corrected chi connectivity index (χ1v) is 4.05. The number of ether oxygens (including phenoxy) is 1. The van der Waals surface area contributed by atoms with Gasteiger partial charge in [-0.2, -0.15) is 0 Å². The molecule has 0 aromatic heterocycles. The van der Waals surface area contributed by atoms with Crippen molar-refractivity contribution in [2.24, 2.45) is 0 Å². The van der Waals surface area contributed by atoms with Gasteiger partial charge in [-0.15, -0.1) is 0 Å². The van der Waals surface area contributed by atoms with Crippen molar-refractivity contribution in [3.8, 4) is 0 Å². The Hall–Kier alpha value is -0.240. The van der Waals surface area contributed by atoms with Gasteiger partial charge in [0.15, 0.2) is 6.29 Å². The summed E-state index contributed by atoms with van der Waals surface area (Å²) >= 11 is 0. The van der Waals surface area contributed by atoms with Crippen LogP contribution in [0.4, 0.5) is 0 Å². The fourth-order valence-corrected chi connectivity index (χ4v) is 1.26. The lowest BCUT2D eigenvalue weighted by Crippen LogP contribution is -2.42. The van der Waals surface area contributed by atoms with Crippen molar-refractivity contribution in [1.82, 2.24) is 0 Å². The summed E-state index contributed by atoms with van der Waals surface area (Å²) in [5.74, 6) is 0. The van der Waals surface area contributed by atoms with Crippen LogP contribution in [0.1, 0.15) is 6.42 Å². The van der Waals surface area contributed by atoms with E-state index in [-0.39, 0.29) is 13.0 Å². The summed E-state index contributed by atoms with van der Waals surface area (Å²) < 4.78 is 4.75. The van der Waals surface area contributed by atoms with Gasteiger partial charge in [0.05, 0.1) is 18.8 Å². The van der Waals surface area contributed by atoms with Crippen LogP contribution in [0.5, 0.6) is 0 Å². The summed E-state index contributed by atoms with van der Waals surface area (Å²) in [5, 5.41) is 45.4. The summed E-state index contributed by atoms with van der Waals surface area (Å²) in [6, 6.07) is 0. The SMILES string of the molecule is OCC1CC(O)C(O)C(O)C(O)O1. The van der Waals surface area contributed by atoms with Crippen LogP contribution in [0.3, 0.4) is 0 Å². The quantitative estimate of drug-likeness (QED) is 0.308. The minimum atomic E-state index is -1.58. The number of rotatable bonds is 1. The average molecular weight is 194 g/mol. The molecule has 0 aromatic rings. The molecule has 5 unspecified atom stereocenters. The first-order valence-electron chi connectivity index (χ1n) is 4.05. The summed E-state index contributed by atoms with van der Waals surface area (Å²) in [6.45, 7) is -0.381. The van der Waals surface area contributed by atoms with Crippen molar-refractivity contribution < 1.29 is 30.3 Å². The molecule has 5 atom stereocenters. The minimum Gasteiger partial charge on any atom is -0.394 e. The molecule has 0 radical (unpaired) electrons. The molecule has 78 valence electrons. The standard InChI is InChI=1S/C7H14O6/c8-2-3-1-4(9)5(10)6(11)7(12)13-3/h3-12H,1-2H2. The van der Waals surface area contributed by atoms with Crippen LogP contribution >= 0.6 is 0 Å². The zero-order chi connectivity index (χ0) is 10.0. The molecule has 1 heterocycles. The molecule has 0 aromatic carbocycles. The predicted octanol–water partition coefficient (Wildman–Crippen LogP) is -2.83. The largest absolute Gasteiger partial charge is 0.394 e. The van der Waals surface area contributed by atoms with Gasteiger partial charge in [0, 0.05) is 6.42 Å².